The molecule has 0 aromatic heterocycles. The SMILES string of the molecule is C=C(C)[C@H](C)[C@@H](C)C1CCCC1. The molecule has 0 radical (unpaired) electrons. The van der Waals surface area contributed by atoms with E-state index in [4.69, 9.17) is 0 Å². The van der Waals surface area contributed by atoms with Gasteiger partial charge in [-0.2, -0.15) is 0 Å². The van der Waals surface area contributed by atoms with Crippen LogP contribution in [0.4, 0.5) is 0 Å². The lowest BCUT2D eigenvalue weighted by atomic mass is 9.80. The van der Waals surface area contributed by atoms with Crippen molar-refractivity contribution in [1.29, 1.82) is 0 Å². The lowest BCUT2D eigenvalue weighted by Crippen LogP contribution is -2.17. The van der Waals surface area contributed by atoms with E-state index in [0.29, 0.717) is 5.92 Å². The predicted octanol–water partition coefficient (Wildman–Crippen LogP) is 4.02. The predicted molar refractivity (Wildman–Crippen MR) is 55.1 cm³/mol. The monoisotopic (exact) mass is 166 g/mol. The summed E-state index contributed by atoms with van der Waals surface area (Å²) in [5, 5.41) is 0. The van der Waals surface area contributed by atoms with Gasteiger partial charge >= 0.3 is 0 Å². The first-order valence-corrected chi connectivity index (χ1v) is 5.28. The molecule has 1 aliphatic carbocycles. The van der Waals surface area contributed by atoms with E-state index in [0.717, 1.165) is 11.8 Å². The van der Waals surface area contributed by atoms with Crippen LogP contribution in [0.3, 0.4) is 0 Å². The molecule has 0 heteroatoms. The maximum atomic E-state index is 4.05. The van der Waals surface area contributed by atoms with Crippen LogP contribution in [0.25, 0.3) is 0 Å². The van der Waals surface area contributed by atoms with Crippen molar-refractivity contribution in [3.63, 3.8) is 0 Å². The molecule has 0 amide bonds. The fourth-order valence-electron chi connectivity index (χ4n) is 2.34. The Balaban J connectivity index is 2.44. The van der Waals surface area contributed by atoms with E-state index in [-0.39, 0.29) is 0 Å². The largest absolute Gasteiger partial charge is 0.0999 e. The summed E-state index contributed by atoms with van der Waals surface area (Å²) in [5.74, 6) is 2.55. The van der Waals surface area contributed by atoms with Crippen LogP contribution in [0.15, 0.2) is 12.2 Å². The van der Waals surface area contributed by atoms with Crippen LogP contribution >= 0.6 is 0 Å². The molecule has 0 bridgehead atoms. The van der Waals surface area contributed by atoms with Gasteiger partial charge in [-0.25, -0.2) is 0 Å². The highest BCUT2D eigenvalue weighted by atomic mass is 14.3. The summed E-state index contributed by atoms with van der Waals surface area (Å²) in [6, 6.07) is 0. The average molecular weight is 166 g/mol. The Morgan fingerprint density at radius 2 is 1.75 bits per heavy atom. The van der Waals surface area contributed by atoms with Crippen LogP contribution in [-0.2, 0) is 0 Å². The van der Waals surface area contributed by atoms with Gasteiger partial charge in [-0.3, -0.25) is 0 Å². The molecule has 0 saturated heterocycles. The molecule has 1 rings (SSSR count). The molecule has 0 aromatic rings. The molecule has 1 saturated carbocycles. The van der Waals surface area contributed by atoms with Crippen molar-refractivity contribution in [3.05, 3.63) is 12.2 Å². The second-order valence-corrected chi connectivity index (χ2v) is 4.54. The Bertz CT molecular complexity index is 151. The highest BCUT2D eigenvalue weighted by Gasteiger charge is 2.25. The van der Waals surface area contributed by atoms with Crippen molar-refractivity contribution in [3.8, 4) is 0 Å². The summed E-state index contributed by atoms with van der Waals surface area (Å²) in [5.41, 5.74) is 1.36. The fraction of sp³-hybridized carbons (Fsp3) is 0.833. The van der Waals surface area contributed by atoms with Crippen LogP contribution in [0.1, 0.15) is 46.5 Å². The van der Waals surface area contributed by atoms with E-state index in [9.17, 15) is 0 Å². The van der Waals surface area contributed by atoms with E-state index in [1.54, 1.807) is 0 Å². The van der Waals surface area contributed by atoms with Crippen LogP contribution in [0.5, 0.6) is 0 Å². The molecular weight excluding hydrogens is 144 g/mol. The number of allylic oxidation sites excluding steroid dienone is 1. The minimum atomic E-state index is 0.716. The summed E-state index contributed by atoms with van der Waals surface area (Å²) in [6.07, 6.45) is 5.83. The molecule has 0 heterocycles. The van der Waals surface area contributed by atoms with Gasteiger partial charge in [0.2, 0.25) is 0 Å². The molecule has 12 heavy (non-hydrogen) atoms. The second-order valence-electron chi connectivity index (χ2n) is 4.54. The number of rotatable bonds is 3. The van der Waals surface area contributed by atoms with Crippen molar-refractivity contribution < 1.29 is 0 Å². The highest BCUT2D eigenvalue weighted by molar-refractivity contribution is 4.97. The molecule has 1 aliphatic rings. The van der Waals surface area contributed by atoms with Crippen molar-refractivity contribution >= 4 is 0 Å². The van der Waals surface area contributed by atoms with Gasteiger partial charge in [0.05, 0.1) is 0 Å². The van der Waals surface area contributed by atoms with Crippen LogP contribution in [0.2, 0.25) is 0 Å². The van der Waals surface area contributed by atoms with Crippen molar-refractivity contribution in [2.45, 2.75) is 46.5 Å². The van der Waals surface area contributed by atoms with Crippen LogP contribution < -0.4 is 0 Å². The van der Waals surface area contributed by atoms with E-state index in [2.05, 4.69) is 27.4 Å². The molecule has 0 spiro atoms. The molecule has 0 aromatic carbocycles. The van der Waals surface area contributed by atoms with Crippen molar-refractivity contribution in [2.75, 3.05) is 0 Å². The Morgan fingerprint density at radius 3 is 2.17 bits per heavy atom. The summed E-state index contributed by atoms with van der Waals surface area (Å²) in [7, 11) is 0. The number of hydrogen-bond donors (Lipinski definition) is 0. The van der Waals surface area contributed by atoms with Gasteiger partial charge in [0.25, 0.3) is 0 Å². The van der Waals surface area contributed by atoms with Crippen molar-refractivity contribution in [2.24, 2.45) is 17.8 Å². The van der Waals surface area contributed by atoms with Gasteiger partial charge in [0.15, 0.2) is 0 Å². The third-order valence-corrected chi connectivity index (χ3v) is 3.71. The first kappa shape index (κ1) is 9.83. The van der Waals surface area contributed by atoms with E-state index < -0.39 is 0 Å². The number of hydrogen-bond acceptors (Lipinski definition) is 0. The summed E-state index contributed by atoms with van der Waals surface area (Å²) >= 11 is 0. The minimum Gasteiger partial charge on any atom is -0.0999 e. The van der Waals surface area contributed by atoms with Gasteiger partial charge in [-0.1, -0.05) is 51.7 Å². The normalized spacial score (nSPS) is 23.9. The quantitative estimate of drug-likeness (QED) is 0.555. The topological polar surface area (TPSA) is 0 Å². The molecule has 0 unspecified atom stereocenters. The zero-order valence-electron chi connectivity index (χ0n) is 8.77. The summed E-state index contributed by atoms with van der Waals surface area (Å²) in [4.78, 5) is 0. The molecular formula is C12H22. The van der Waals surface area contributed by atoms with Crippen LogP contribution in [0, 0.1) is 17.8 Å². The van der Waals surface area contributed by atoms with Gasteiger partial charge in [0.1, 0.15) is 0 Å². The zero-order valence-corrected chi connectivity index (χ0v) is 8.77. The van der Waals surface area contributed by atoms with Crippen LogP contribution in [-0.4, -0.2) is 0 Å². The smallest absolute Gasteiger partial charge is 0.0209 e. The second kappa shape index (κ2) is 4.11. The first-order valence-electron chi connectivity index (χ1n) is 5.28. The lowest BCUT2D eigenvalue weighted by Gasteiger charge is -2.25. The standard InChI is InChI=1S/C12H22/c1-9(2)10(3)11(4)12-7-5-6-8-12/h10-12H,1,5-8H2,2-4H3/t10-,11+/m0/s1. The molecule has 0 nitrogen and oxygen atoms in total. The molecule has 0 N–H and O–H groups in total. The molecule has 1 fully saturated rings. The minimum absolute atomic E-state index is 0.716. The Kier molecular flexibility index (Phi) is 3.37. The molecule has 70 valence electrons. The first-order chi connectivity index (χ1) is 5.63. The fourth-order valence-corrected chi connectivity index (χ4v) is 2.34. The molecule has 2 atom stereocenters. The maximum absolute atomic E-state index is 4.05. The average Bonchev–Trinajstić information content (AvgIpc) is 2.53. The third kappa shape index (κ3) is 2.12. The maximum Gasteiger partial charge on any atom is -0.0209 e. The van der Waals surface area contributed by atoms with E-state index in [1.165, 1.54) is 31.3 Å². The van der Waals surface area contributed by atoms with Gasteiger partial charge in [-0.05, 0) is 24.7 Å². The zero-order chi connectivity index (χ0) is 9.14. The Morgan fingerprint density at radius 1 is 1.25 bits per heavy atom. The molecule has 0 aliphatic heterocycles. The van der Waals surface area contributed by atoms with Crippen molar-refractivity contribution in [1.82, 2.24) is 0 Å². The van der Waals surface area contributed by atoms with Gasteiger partial charge < -0.3 is 0 Å². The van der Waals surface area contributed by atoms with E-state index >= 15 is 0 Å². The summed E-state index contributed by atoms with van der Waals surface area (Å²) < 4.78 is 0. The Labute approximate surface area is 77.1 Å². The highest BCUT2D eigenvalue weighted by Crippen LogP contribution is 2.36. The Hall–Kier alpha value is -0.260. The summed E-state index contributed by atoms with van der Waals surface area (Å²) in [6.45, 7) is 10.9. The van der Waals surface area contributed by atoms with E-state index in [1.807, 2.05) is 0 Å². The lowest BCUT2D eigenvalue weighted by molar-refractivity contribution is 0.294. The van der Waals surface area contributed by atoms with Gasteiger partial charge in [0, 0.05) is 0 Å². The van der Waals surface area contributed by atoms with Gasteiger partial charge in [-0.15, -0.1) is 0 Å². The third-order valence-electron chi connectivity index (χ3n) is 3.71.